The van der Waals surface area contributed by atoms with E-state index in [1.54, 1.807) is 12.4 Å². The number of aliphatic imine (C=N–C) groups is 1. The normalized spacial score (nSPS) is 28.5. The first-order valence-electron chi connectivity index (χ1n) is 4.67. The Morgan fingerprint density at radius 2 is 2.27 bits per heavy atom. The molecular formula is C10H15BrN2OS. The highest BCUT2D eigenvalue weighted by Crippen LogP contribution is 2.21. The van der Waals surface area contributed by atoms with Gasteiger partial charge in [0.15, 0.2) is 0 Å². The molecule has 0 aromatic carbocycles. The van der Waals surface area contributed by atoms with Gasteiger partial charge < -0.3 is 0 Å². The molecule has 1 unspecified atom stereocenters. The summed E-state index contributed by atoms with van der Waals surface area (Å²) >= 11 is 3.51. The molecule has 0 bridgehead atoms. The lowest BCUT2D eigenvalue weighted by Crippen LogP contribution is -2.27. The van der Waals surface area contributed by atoms with E-state index in [1.807, 2.05) is 32.9 Å². The van der Waals surface area contributed by atoms with Gasteiger partial charge in [-0.2, -0.15) is 4.40 Å². The predicted molar refractivity (Wildman–Crippen MR) is 70.5 cm³/mol. The van der Waals surface area contributed by atoms with Crippen LogP contribution in [0.25, 0.3) is 0 Å². The zero-order valence-electron chi connectivity index (χ0n) is 9.11. The predicted octanol–water partition coefficient (Wildman–Crippen LogP) is 2.29. The van der Waals surface area contributed by atoms with Crippen molar-refractivity contribution in [2.24, 2.45) is 9.39 Å². The minimum absolute atomic E-state index is 0.318. The van der Waals surface area contributed by atoms with E-state index in [0.29, 0.717) is 6.54 Å². The molecule has 3 nitrogen and oxygen atoms in total. The SMILES string of the molecule is CC(C)(C)[S@](=O)N=CC1(Br)C=CC=NC1. The molecule has 0 radical (unpaired) electrons. The van der Waals surface area contributed by atoms with Gasteiger partial charge in [-0.3, -0.25) is 4.99 Å². The van der Waals surface area contributed by atoms with Crippen LogP contribution in [-0.2, 0) is 11.0 Å². The van der Waals surface area contributed by atoms with Gasteiger partial charge in [-0.15, -0.1) is 0 Å². The summed E-state index contributed by atoms with van der Waals surface area (Å²) in [5.74, 6) is 0. The van der Waals surface area contributed by atoms with Gasteiger partial charge in [-0.1, -0.05) is 22.0 Å². The van der Waals surface area contributed by atoms with Crippen molar-refractivity contribution in [3.63, 3.8) is 0 Å². The van der Waals surface area contributed by atoms with Gasteiger partial charge in [0.25, 0.3) is 0 Å². The number of alkyl halides is 1. The molecule has 0 aliphatic carbocycles. The van der Waals surface area contributed by atoms with E-state index >= 15 is 0 Å². The highest BCUT2D eigenvalue weighted by molar-refractivity contribution is 9.10. The molecule has 0 N–H and O–H groups in total. The lowest BCUT2D eigenvalue weighted by atomic mass is 10.1. The van der Waals surface area contributed by atoms with Crippen molar-refractivity contribution in [3.05, 3.63) is 12.2 Å². The molecular weight excluding hydrogens is 276 g/mol. The molecule has 1 aliphatic heterocycles. The van der Waals surface area contributed by atoms with Crippen molar-refractivity contribution in [1.29, 1.82) is 0 Å². The smallest absolute Gasteiger partial charge is 0.144 e. The summed E-state index contributed by atoms with van der Waals surface area (Å²) in [7, 11) is -1.21. The van der Waals surface area contributed by atoms with Gasteiger partial charge in [-0.25, -0.2) is 4.21 Å². The lowest BCUT2D eigenvalue weighted by Gasteiger charge is -2.19. The number of nitrogens with zero attached hydrogens (tertiary/aromatic N) is 2. The van der Waals surface area contributed by atoms with Crippen LogP contribution in [0.5, 0.6) is 0 Å². The third-order valence-electron chi connectivity index (χ3n) is 1.79. The highest BCUT2D eigenvalue weighted by atomic mass is 79.9. The first kappa shape index (κ1) is 12.8. The van der Waals surface area contributed by atoms with Crippen LogP contribution >= 0.6 is 15.9 Å². The summed E-state index contributed by atoms with van der Waals surface area (Å²) in [5.41, 5.74) is 0. The summed E-state index contributed by atoms with van der Waals surface area (Å²) in [6.45, 7) is 6.29. The molecule has 0 saturated carbocycles. The van der Waals surface area contributed by atoms with E-state index < -0.39 is 11.0 Å². The lowest BCUT2D eigenvalue weighted by molar-refractivity contribution is 0.650. The number of rotatable bonds is 2. The average Bonchev–Trinajstić information content (AvgIpc) is 2.14. The minimum Gasteiger partial charge on any atom is -0.291 e. The van der Waals surface area contributed by atoms with Crippen LogP contribution in [0.15, 0.2) is 21.5 Å². The fourth-order valence-electron chi connectivity index (χ4n) is 0.887. The Balaban J connectivity index is 2.70. The van der Waals surface area contributed by atoms with Gasteiger partial charge in [-0.05, 0) is 26.8 Å². The van der Waals surface area contributed by atoms with Crippen LogP contribution in [0.3, 0.4) is 0 Å². The van der Waals surface area contributed by atoms with E-state index in [4.69, 9.17) is 0 Å². The minimum atomic E-state index is -1.21. The topological polar surface area (TPSA) is 41.8 Å². The zero-order chi connectivity index (χ0) is 11.5. The third kappa shape index (κ3) is 3.99. The van der Waals surface area contributed by atoms with Crippen LogP contribution in [-0.4, -0.2) is 32.3 Å². The van der Waals surface area contributed by atoms with Crippen molar-refractivity contribution in [2.75, 3.05) is 6.54 Å². The largest absolute Gasteiger partial charge is 0.291 e. The fourth-order valence-corrected chi connectivity index (χ4v) is 2.02. The van der Waals surface area contributed by atoms with Gasteiger partial charge >= 0.3 is 0 Å². The van der Waals surface area contributed by atoms with E-state index in [-0.39, 0.29) is 9.07 Å². The van der Waals surface area contributed by atoms with E-state index in [9.17, 15) is 4.21 Å². The number of hydrogen-bond donors (Lipinski definition) is 0. The monoisotopic (exact) mass is 290 g/mol. The van der Waals surface area contributed by atoms with E-state index in [0.717, 1.165) is 0 Å². The highest BCUT2D eigenvalue weighted by Gasteiger charge is 2.24. The first-order valence-corrected chi connectivity index (χ1v) is 6.57. The first-order chi connectivity index (χ1) is 6.83. The molecule has 2 atom stereocenters. The average molecular weight is 291 g/mol. The van der Waals surface area contributed by atoms with Gasteiger partial charge in [0, 0.05) is 12.4 Å². The van der Waals surface area contributed by atoms with Crippen LogP contribution in [0.2, 0.25) is 0 Å². The van der Waals surface area contributed by atoms with E-state index in [2.05, 4.69) is 25.3 Å². The molecule has 15 heavy (non-hydrogen) atoms. The maximum absolute atomic E-state index is 11.7. The zero-order valence-corrected chi connectivity index (χ0v) is 11.5. The molecule has 5 heteroatoms. The molecule has 0 amide bonds. The van der Waals surface area contributed by atoms with Crippen LogP contribution in [0.4, 0.5) is 0 Å². The van der Waals surface area contributed by atoms with Crippen LogP contribution < -0.4 is 0 Å². The fraction of sp³-hybridized carbons (Fsp3) is 0.600. The van der Waals surface area contributed by atoms with Crippen LogP contribution in [0, 0.1) is 0 Å². The summed E-state index contributed by atoms with van der Waals surface area (Å²) in [4.78, 5) is 4.12. The molecule has 1 rings (SSSR count). The summed E-state index contributed by atoms with van der Waals surface area (Å²) in [6, 6.07) is 0. The number of hydrogen-bond acceptors (Lipinski definition) is 2. The molecule has 1 aliphatic rings. The van der Waals surface area contributed by atoms with Crippen molar-refractivity contribution >= 4 is 39.3 Å². The Kier molecular flexibility index (Phi) is 4.00. The van der Waals surface area contributed by atoms with Gasteiger partial charge in [0.2, 0.25) is 0 Å². The standard InChI is InChI=1S/C10H15BrN2OS/c1-9(2,3)15(14)13-8-10(11)5-4-6-12-7-10/h4-6,8H,7H2,1-3H3/t10?,15-/m0/s1. The number of halogens is 1. The maximum Gasteiger partial charge on any atom is 0.144 e. The summed E-state index contributed by atoms with van der Waals surface area (Å²) < 4.78 is 15.1. The van der Waals surface area contributed by atoms with Crippen LogP contribution in [0.1, 0.15) is 20.8 Å². The molecule has 0 spiro atoms. The molecule has 84 valence electrons. The molecule has 0 saturated heterocycles. The van der Waals surface area contributed by atoms with Crippen molar-refractivity contribution in [3.8, 4) is 0 Å². The third-order valence-corrected chi connectivity index (χ3v) is 3.85. The molecule has 0 aromatic heterocycles. The van der Waals surface area contributed by atoms with E-state index in [1.165, 1.54) is 0 Å². The van der Waals surface area contributed by atoms with Gasteiger partial charge in [0.05, 0.1) is 15.6 Å². The maximum atomic E-state index is 11.7. The Morgan fingerprint density at radius 3 is 2.73 bits per heavy atom. The second-order valence-electron chi connectivity index (χ2n) is 4.37. The van der Waals surface area contributed by atoms with Crippen molar-refractivity contribution < 1.29 is 4.21 Å². The number of dihydropyridines is 1. The molecule has 1 heterocycles. The molecule has 0 fully saturated rings. The van der Waals surface area contributed by atoms with Gasteiger partial charge in [0.1, 0.15) is 11.0 Å². The second-order valence-corrected chi connectivity index (χ2v) is 7.78. The van der Waals surface area contributed by atoms with Crippen molar-refractivity contribution in [2.45, 2.75) is 29.8 Å². The summed E-state index contributed by atoms with van der Waals surface area (Å²) in [5, 5.41) is 0. The number of allylic oxidation sites excluding steroid dienone is 1. The Bertz CT molecular complexity index is 344. The van der Waals surface area contributed by atoms with Crippen molar-refractivity contribution in [1.82, 2.24) is 0 Å². The summed E-state index contributed by atoms with van der Waals surface area (Å²) in [6.07, 6.45) is 7.21. The quantitative estimate of drug-likeness (QED) is 0.568. The Hall–Kier alpha value is -0.290. The molecule has 0 aromatic rings. The Morgan fingerprint density at radius 1 is 1.60 bits per heavy atom. The second kappa shape index (κ2) is 4.70. The Labute approximate surface area is 101 Å².